The van der Waals surface area contributed by atoms with Crippen molar-refractivity contribution in [1.29, 1.82) is 0 Å². The van der Waals surface area contributed by atoms with E-state index in [0.717, 1.165) is 5.69 Å². The van der Waals surface area contributed by atoms with Crippen molar-refractivity contribution in [3.8, 4) is 0 Å². The molecule has 156 valence electrons. The predicted molar refractivity (Wildman–Crippen MR) is 117 cm³/mol. The van der Waals surface area contributed by atoms with Crippen molar-refractivity contribution >= 4 is 33.2 Å². The Morgan fingerprint density at radius 3 is 2.48 bits per heavy atom. The number of carbonyl (C=O) groups is 1. The predicted octanol–water partition coefficient (Wildman–Crippen LogP) is 2.92. The van der Waals surface area contributed by atoms with Gasteiger partial charge in [0.05, 0.1) is 5.75 Å². The van der Waals surface area contributed by atoms with Crippen LogP contribution in [0.5, 0.6) is 0 Å². The first-order chi connectivity index (χ1) is 13.8. The van der Waals surface area contributed by atoms with E-state index < -0.39 is 10.0 Å². The monoisotopic (exact) mass is 435 g/mol. The summed E-state index contributed by atoms with van der Waals surface area (Å²) in [5, 5.41) is 3.24. The molecule has 0 saturated carbocycles. The zero-order valence-corrected chi connectivity index (χ0v) is 18.0. The smallest absolute Gasteiger partial charge is 0.251 e. The van der Waals surface area contributed by atoms with E-state index in [2.05, 4.69) is 35.3 Å². The summed E-state index contributed by atoms with van der Waals surface area (Å²) in [6, 6.07) is 14.9. The molecule has 8 heteroatoms. The van der Waals surface area contributed by atoms with Crippen molar-refractivity contribution in [2.24, 2.45) is 0 Å². The lowest BCUT2D eigenvalue weighted by atomic mass is 10.2. The lowest BCUT2D eigenvalue weighted by Crippen LogP contribution is -2.49. The molecule has 0 spiro atoms. The molecule has 3 rings (SSSR count). The van der Waals surface area contributed by atoms with Crippen molar-refractivity contribution in [2.45, 2.75) is 13.3 Å². The van der Waals surface area contributed by atoms with Crippen LogP contribution in [0.4, 0.5) is 5.69 Å². The van der Waals surface area contributed by atoms with Crippen LogP contribution in [0.1, 0.15) is 22.3 Å². The minimum absolute atomic E-state index is 0.0211. The number of nitrogens with zero attached hydrogens (tertiary/aromatic N) is 2. The fourth-order valence-corrected chi connectivity index (χ4v) is 5.04. The first-order valence-corrected chi connectivity index (χ1v) is 11.7. The van der Waals surface area contributed by atoms with Crippen LogP contribution in [0.15, 0.2) is 48.5 Å². The lowest BCUT2D eigenvalue weighted by Gasteiger charge is -2.35. The van der Waals surface area contributed by atoms with Gasteiger partial charge in [0.25, 0.3) is 5.91 Å². The first-order valence-electron chi connectivity index (χ1n) is 9.68. The van der Waals surface area contributed by atoms with E-state index in [0.29, 0.717) is 49.7 Å². The number of carbonyl (C=O) groups excluding carboxylic acids is 1. The summed E-state index contributed by atoms with van der Waals surface area (Å²) in [5.41, 5.74) is 2.79. The normalized spacial score (nSPS) is 15.3. The van der Waals surface area contributed by atoms with Gasteiger partial charge in [-0.25, -0.2) is 8.42 Å². The number of nitrogens with one attached hydrogen (secondary N) is 1. The number of hydrogen-bond acceptors (Lipinski definition) is 4. The summed E-state index contributed by atoms with van der Waals surface area (Å²) in [4.78, 5) is 14.3. The number of anilines is 1. The SMILES string of the molecule is Cc1cccc(N2CCN(S(=O)(=O)CCCNC(=O)c3cccc(Cl)c3)CC2)c1. The second-order valence-corrected chi connectivity index (χ2v) is 9.69. The number of halogens is 1. The summed E-state index contributed by atoms with van der Waals surface area (Å²) < 4.78 is 26.8. The van der Waals surface area contributed by atoms with E-state index in [9.17, 15) is 13.2 Å². The van der Waals surface area contributed by atoms with Crippen molar-refractivity contribution in [3.05, 3.63) is 64.7 Å². The van der Waals surface area contributed by atoms with Crippen LogP contribution in [0.2, 0.25) is 5.02 Å². The molecule has 0 atom stereocenters. The first kappa shape index (κ1) is 21.6. The molecule has 0 aliphatic carbocycles. The summed E-state index contributed by atoms with van der Waals surface area (Å²) in [5.74, 6) is -0.232. The Morgan fingerprint density at radius 2 is 1.79 bits per heavy atom. The van der Waals surface area contributed by atoms with E-state index in [4.69, 9.17) is 11.6 Å². The Morgan fingerprint density at radius 1 is 1.07 bits per heavy atom. The Kier molecular flexibility index (Phi) is 7.16. The van der Waals surface area contributed by atoms with Crippen molar-refractivity contribution in [3.63, 3.8) is 0 Å². The molecule has 1 aliphatic heterocycles. The number of rotatable bonds is 7. The molecule has 29 heavy (non-hydrogen) atoms. The highest BCUT2D eigenvalue weighted by atomic mass is 35.5. The maximum atomic E-state index is 12.6. The van der Waals surface area contributed by atoms with Gasteiger partial charge in [0.15, 0.2) is 0 Å². The number of piperazine rings is 1. The van der Waals surface area contributed by atoms with Crippen LogP contribution < -0.4 is 10.2 Å². The Balaban J connectivity index is 1.44. The molecule has 1 heterocycles. The summed E-state index contributed by atoms with van der Waals surface area (Å²) >= 11 is 5.88. The van der Waals surface area contributed by atoms with Gasteiger partial charge in [0.1, 0.15) is 0 Å². The zero-order valence-electron chi connectivity index (χ0n) is 16.5. The van der Waals surface area contributed by atoms with E-state index >= 15 is 0 Å². The quantitative estimate of drug-likeness (QED) is 0.679. The largest absolute Gasteiger partial charge is 0.369 e. The zero-order chi connectivity index (χ0) is 20.9. The number of aryl methyl sites for hydroxylation is 1. The fourth-order valence-electron chi connectivity index (χ4n) is 3.37. The average molecular weight is 436 g/mol. The molecule has 0 unspecified atom stereocenters. The third kappa shape index (κ3) is 5.95. The molecule has 0 aromatic heterocycles. The molecular weight excluding hydrogens is 410 g/mol. The number of sulfonamides is 1. The van der Waals surface area contributed by atoms with Gasteiger partial charge in [0.2, 0.25) is 10.0 Å². The average Bonchev–Trinajstić information content (AvgIpc) is 2.71. The highest BCUT2D eigenvalue weighted by molar-refractivity contribution is 7.89. The summed E-state index contributed by atoms with van der Waals surface area (Å²) in [7, 11) is -3.33. The maximum absolute atomic E-state index is 12.6. The molecule has 1 aliphatic rings. The van der Waals surface area contributed by atoms with Crippen LogP contribution in [-0.2, 0) is 10.0 Å². The minimum Gasteiger partial charge on any atom is -0.369 e. The van der Waals surface area contributed by atoms with Crippen LogP contribution in [0.25, 0.3) is 0 Å². The summed E-state index contributed by atoms with van der Waals surface area (Å²) in [6.07, 6.45) is 0.368. The van der Waals surface area contributed by atoms with Gasteiger partial charge in [-0.2, -0.15) is 4.31 Å². The Bertz CT molecular complexity index is 957. The molecular formula is C21H26ClN3O3S. The van der Waals surface area contributed by atoms with Gasteiger partial charge in [-0.1, -0.05) is 29.8 Å². The van der Waals surface area contributed by atoms with Gasteiger partial charge < -0.3 is 10.2 Å². The third-order valence-corrected chi connectivity index (χ3v) is 7.14. The highest BCUT2D eigenvalue weighted by Gasteiger charge is 2.26. The number of amides is 1. The second-order valence-electron chi connectivity index (χ2n) is 7.16. The highest BCUT2D eigenvalue weighted by Crippen LogP contribution is 2.19. The van der Waals surface area contributed by atoms with Gasteiger partial charge in [-0.05, 0) is 49.2 Å². The standard InChI is InChI=1S/C21H26ClN3O3S/c1-17-5-2-8-20(15-17)24-10-12-25(13-11-24)29(27,28)14-4-9-23-21(26)18-6-3-7-19(22)16-18/h2-3,5-8,15-16H,4,9-14H2,1H3,(H,23,26). The lowest BCUT2D eigenvalue weighted by molar-refractivity contribution is 0.0953. The van der Waals surface area contributed by atoms with Crippen LogP contribution in [0, 0.1) is 6.92 Å². The van der Waals surface area contributed by atoms with Crippen LogP contribution in [0.3, 0.4) is 0 Å². The van der Waals surface area contributed by atoms with E-state index in [1.165, 1.54) is 5.56 Å². The minimum atomic E-state index is -3.33. The molecule has 1 amide bonds. The second kappa shape index (κ2) is 9.61. The molecule has 6 nitrogen and oxygen atoms in total. The molecule has 1 saturated heterocycles. The number of hydrogen-bond donors (Lipinski definition) is 1. The summed E-state index contributed by atoms with van der Waals surface area (Å²) in [6.45, 7) is 4.65. The van der Waals surface area contributed by atoms with Crippen molar-refractivity contribution in [1.82, 2.24) is 9.62 Å². The van der Waals surface area contributed by atoms with Gasteiger partial charge in [0, 0.05) is 49.0 Å². The fraction of sp³-hybridized carbons (Fsp3) is 0.381. The third-order valence-electron chi connectivity index (χ3n) is 4.95. The van der Waals surface area contributed by atoms with E-state index in [1.807, 2.05) is 6.07 Å². The van der Waals surface area contributed by atoms with Crippen LogP contribution >= 0.6 is 11.6 Å². The van der Waals surface area contributed by atoms with E-state index in [1.54, 1.807) is 28.6 Å². The maximum Gasteiger partial charge on any atom is 0.251 e. The van der Waals surface area contributed by atoms with Gasteiger partial charge >= 0.3 is 0 Å². The Hall–Kier alpha value is -2.09. The molecule has 2 aromatic carbocycles. The van der Waals surface area contributed by atoms with Crippen LogP contribution in [-0.4, -0.2) is 57.1 Å². The van der Waals surface area contributed by atoms with Gasteiger partial charge in [-0.3, -0.25) is 4.79 Å². The molecule has 1 fully saturated rings. The molecule has 2 aromatic rings. The topological polar surface area (TPSA) is 69.7 Å². The molecule has 0 radical (unpaired) electrons. The molecule has 1 N–H and O–H groups in total. The van der Waals surface area contributed by atoms with E-state index in [-0.39, 0.29) is 11.7 Å². The molecule has 0 bridgehead atoms. The van der Waals surface area contributed by atoms with Crippen molar-refractivity contribution in [2.75, 3.05) is 43.4 Å². The van der Waals surface area contributed by atoms with Gasteiger partial charge in [-0.15, -0.1) is 0 Å². The van der Waals surface area contributed by atoms with Crippen molar-refractivity contribution < 1.29 is 13.2 Å². The Labute approximate surface area is 177 Å². The number of benzene rings is 2.